The maximum absolute atomic E-state index is 12.3. The van der Waals surface area contributed by atoms with E-state index in [1.165, 1.54) is 12.7 Å². The Morgan fingerprint density at radius 2 is 2.11 bits per heavy atom. The van der Waals surface area contributed by atoms with E-state index in [4.69, 9.17) is 4.74 Å². The fourth-order valence-corrected chi connectivity index (χ4v) is 2.54. The second-order valence-electron chi connectivity index (χ2n) is 5.46. The molecule has 0 saturated heterocycles. The number of Topliss-reactive ketones (excluding diaryl/α,β-unsaturated/α-hetero) is 1. The summed E-state index contributed by atoms with van der Waals surface area (Å²) in [5, 5.41) is 0. The number of methoxy groups -OCH3 is 1. The van der Waals surface area contributed by atoms with Gasteiger partial charge in [-0.15, -0.1) is 0 Å². The molecule has 1 aliphatic rings. The first-order chi connectivity index (χ1) is 8.95. The van der Waals surface area contributed by atoms with Crippen LogP contribution < -0.4 is 0 Å². The van der Waals surface area contributed by atoms with Gasteiger partial charge in [-0.1, -0.05) is 23.8 Å². The van der Waals surface area contributed by atoms with Gasteiger partial charge in [-0.3, -0.25) is 9.59 Å². The second kappa shape index (κ2) is 7.27. The fraction of sp³-hybridized carbons (Fsp3) is 0.625. The Hall–Kier alpha value is -1.38. The van der Waals surface area contributed by atoms with Crippen LogP contribution in [-0.2, 0) is 14.3 Å². The average molecular weight is 264 g/mol. The van der Waals surface area contributed by atoms with Crippen molar-refractivity contribution in [1.82, 2.24) is 0 Å². The fourth-order valence-electron chi connectivity index (χ4n) is 2.54. The smallest absolute Gasteiger partial charge is 0.309 e. The van der Waals surface area contributed by atoms with Crippen molar-refractivity contribution in [3.8, 4) is 0 Å². The Balaban J connectivity index is 2.91. The summed E-state index contributed by atoms with van der Waals surface area (Å²) in [5.41, 5.74) is 2.17. The van der Waals surface area contributed by atoms with Gasteiger partial charge in [0.1, 0.15) is 5.78 Å². The summed E-state index contributed by atoms with van der Waals surface area (Å²) in [4.78, 5) is 24.0. The monoisotopic (exact) mass is 264 g/mol. The highest BCUT2D eigenvalue weighted by Crippen LogP contribution is 2.26. The number of allylic oxidation sites excluding steroid dienone is 3. The Labute approximate surface area is 115 Å². The lowest BCUT2D eigenvalue weighted by atomic mass is 9.83. The van der Waals surface area contributed by atoms with Gasteiger partial charge in [-0.2, -0.15) is 0 Å². The van der Waals surface area contributed by atoms with Gasteiger partial charge in [0, 0.05) is 12.3 Å². The predicted molar refractivity (Wildman–Crippen MR) is 75.7 cm³/mol. The first kappa shape index (κ1) is 15.7. The Morgan fingerprint density at radius 3 is 2.68 bits per heavy atom. The molecule has 3 heteroatoms. The summed E-state index contributed by atoms with van der Waals surface area (Å²) in [6.07, 6.45) is 5.67. The number of hydrogen-bond donors (Lipinski definition) is 0. The molecule has 0 heterocycles. The number of ether oxygens (including phenoxy) is 1. The van der Waals surface area contributed by atoms with E-state index in [0.29, 0.717) is 6.42 Å². The minimum absolute atomic E-state index is 0.123. The number of esters is 1. The summed E-state index contributed by atoms with van der Waals surface area (Å²) < 4.78 is 4.79. The molecule has 0 aromatic carbocycles. The molecule has 0 bridgehead atoms. The summed E-state index contributed by atoms with van der Waals surface area (Å²) >= 11 is 0. The molecular weight excluding hydrogens is 240 g/mol. The number of carbonyl (C=O) groups excluding carboxylic acids is 2. The van der Waals surface area contributed by atoms with Gasteiger partial charge in [0.15, 0.2) is 0 Å². The lowest BCUT2D eigenvalue weighted by Crippen LogP contribution is -2.25. The third kappa shape index (κ3) is 4.66. The zero-order valence-electron chi connectivity index (χ0n) is 12.2. The molecule has 106 valence electrons. The van der Waals surface area contributed by atoms with Crippen molar-refractivity contribution in [2.24, 2.45) is 11.8 Å². The van der Waals surface area contributed by atoms with E-state index in [9.17, 15) is 9.59 Å². The molecule has 0 fully saturated rings. The predicted octanol–water partition coefficient (Wildman–Crippen LogP) is 3.45. The maximum Gasteiger partial charge on any atom is 0.309 e. The molecule has 0 unspecified atom stereocenters. The Morgan fingerprint density at radius 1 is 1.42 bits per heavy atom. The third-order valence-electron chi connectivity index (χ3n) is 3.80. The van der Waals surface area contributed by atoms with E-state index in [1.54, 1.807) is 0 Å². The average Bonchev–Trinajstić information content (AvgIpc) is 2.36. The molecule has 0 saturated carbocycles. The molecule has 0 aromatic rings. The van der Waals surface area contributed by atoms with Crippen molar-refractivity contribution in [2.75, 3.05) is 7.11 Å². The van der Waals surface area contributed by atoms with Crippen LogP contribution >= 0.6 is 0 Å². The van der Waals surface area contributed by atoms with Crippen molar-refractivity contribution in [2.45, 2.75) is 46.0 Å². The normalized spacial score (nSPS) is 28.2. The Kier molecular flexibility index (Phi) is 6.00. The summed E-state index contributed by atoms with van der Waals surface area (Å²) in [6, 6.07) is 0. The van der Waals surface area contributed by atoms with Gasteiger partial charge < -0.3 is 4.74 Å². The van der Waals surface area contributed by atoms with Crippen LogP contribution in [0.3, 0.4) is 0 Å². The first-order valence-corrected chi connectivity index (χ1v) is 6.87. The van der Waals surface area contributed by atoms with Gasteiger partial charge in [0.05, 0.1) is 13.0 Å². The van der Waals surface area contributed by atoms with Gasteiger partial charge >= 0.3 is 5.97 Å². The number of ketones is 1. The molecule has 3 nitrogen and oxygen atoms in total. The lowest BCUT2D eigenvalue weighted by Gasteiger charge is -2.21. The maximum atomic E-state index is 12.3. The number of rotatable bonds is 2. The lowest BCUT2D eigenvalue weighted by molar-refractivity contribution is -0.147. The van der Waals surface area contributed by atoms with Crippen LogP contribution in [-0.4, -0.2) is 18.9 Å². The molecule has 0 aliphatic heterocycles. The molecule has 0 amide bonds. The summed E-state index contributed by atoms with van der Waals surface area (Å²) in [5.74, 6) is -0.604. The standard InChI is InChI=1S/C16H24O3/c1-11(2)14-9-8-12(3)6-5-7-13(10-15(14)17)16(18)19-4/h6,13-14H,1,5,7-10H2,2-4H3/b12-6+/t13-,14+/m1/s1. The highest BCUT2D eigenvalue weighted by Gasteiger charge is 2.27. The van der Waals surface area contributed by atoms with Gasteiger partial charge in [0.2, 0.25) is 0 Å². The Bertz CT molecular complexity index is 393. The van der Waals surface area contributed by atoms with E-state index >= 15 is 0 Å². The van der Waals surface area contributed by atoms with Crippen LogP contribution in [0, 0.1) is 11.8 Å². The van der Waals surface area contributed by atoms with Crippen LogP contribution in [0.4, 0.5) is 0 Å². The molecule has 19 heavy (non-hydrogen) atoms. The van der Waals surface area contributed by atoms with Crippen LogP contribution in [0.25, 0.3) is 0 Å². The minimum atomic E-state index is -0.318. The molecule has 1 rings (SSSR count). The molecule has 1 aliphatic carbocycles. The quantitative estimate of drug-likeness (QED) is 0.567. The van der Waals surface area contributed by atoms with E-state index in [1.807, 2.05) is 6.92 Å². The molecular formula is C16H24O3. The van der Waals surface area contributed by atoms with E-state index in [-0.39, 0.29) is 30.0 Å². The SMILES string of the molecule is C=C(C)[C@@H]1CC/C(C)=C/CC[C@@H](C(=O)OC)CC1=O. The zero-order chi connectivity index (χ0) is 14.4. The van der Waals surface area contributed by atoms with E-state index in [2.05, 4.69) is 19.6 Å². The van der Waals surface area contributed by atoms with Crippen molar-refractivity contribution < 1.29 is 14.3 Å². The van der Waals surface area contributed by atoms with Crippen molar-refractivity contribution in [1.29, 1.82) is 0 Å². The molecule has 2 atom stereocenters. The van der Waals surface area contributed by atoms with Gasteiger partial charge in [0.25, 0.3) is 0 Å². The van der Waals surface area contributed by atoms with Crippen molar-refractivity contribution in [3.05, 3.63) is 23.8 Å². The topological polar surface area (TPSA) is 43.4 Å². The van der Waals surface area contributed by atoms with Crippen molar-refractivity contribution in [3.63, 3.8) is 0 Å². The van der Waals surface area contributed by atoms with Crippen LogP contribution in [0.5, 0.6) is 0 Å². The van der Waals surface area contributed by atoms with E-state index < -0.39 is 0 Å². The zero-order valence-corrected chi connectivity index (χ0v) is 12.2. The molecule has 0 spiro atoms. The number of carbonyl (C=O) groups is 2. The minimum Gasteiger partial charge on any atom is -0.469 e. The van der Waals surface area contributed by atoms with E-state index in [0.717, 1.165) is 24.8 Å². The van der Waals surface area contributed by atoms with Crippen LogP contribution in [0.15, 0.2) is 23.8 Å². The van der Waals surface area contributed by atoms with Crippen LogP contribution in [0.2, 0.25) is 0 Å². The largest absolute Gasteiger partial charge is 0.469 e. The van der Waals surface area contributed by atoms with Crippen LogP contribution in [0.1, 0.15) is 46.0 Å². The van der Waals surface area contributed by atoms with Crippen molar-refractivity contribution >= 4 is 11.8 Å². The highest BCUT2D eigenvalue weighted by atomic mass is 16.5. The first-order valence-electron chi connectivity index (χ1n) is 6.87. The molecule has 0 radical (unpaired) electrons. The number of hydrogen-bond acceptors (Lipinski definition) is 3. The summed E-state index contributed by atoms with van der Waals surface area (Å²) in [7, 11) is 1.38. The van der Waals surface area contributed by atoms with Gasteiger partial charge in [-0.05, 0) is 39.5 Å². The second-order valence-corrected chi connectivity index (χ2v) is 5.46. The molecule has 0 N–H and O–H groups in total. The van der Waals surface area contributed by atoms with Gasteiger partial charge in [-0.25, -0.2) is 0 Å². The highest BCUT2D eigenvalue weighted by molar-refractivity contribution is 5.87. The third-order valence-corrected chi connectivity index (χ3v) is 3.80. The molecule has 0 aromatic heterocycles. The summed E-state index contributed by atoms with van der Waals surface area (Å²) in [6.45, 7) is 7.88.